The lowest BCUT2D eigenvalue weighted by atomic mass is 10.2. The summed E-state index contributed by atoms with van der Waals surface area (Å²) >= 11 is 0. The van der Waals surface area contributed by atoms with Crippen molar-refractivity contribution in [2.24, 2.45) is 0 Å². The van der Waals surface area contributed by atoms with E-state index in [0.29, 0.717) is 11.9 Å². The summed E-state index contributed by atoms with van der Waals surface area (Å²) in [5.41, 5.74) is 7.10. The lowest BCUT2D eigenvalue weighted by Gasteiger charge is -2.13. The van der Waals surface area contributed by atoms with Crippen molar-refractivity contribution in [2.45, 2.75) is 6.92 Å². The number of benzene rings is 1. The van der Waals surface area contributed by atoms with Gasteiger partial charge in [-0.2, -0.15) is 15.0 Å². The number of aromatic nitrogens is 3. The lowest BCUT2D eigenvalue weighted by Crippen LogP contribution is -2.15. The second-order valence-corrected chi connectivity index (χ2v) is 4.30. The average Bonchev–Trinajstić information content (AvgIpc) is 2.32. The fraction of sp³-hybridized carbons (Fsp3) is 0.250. The zero-order valence-corrected chi connectivity index (χ0v) is 11.0. The number of nitrogens with zero attached hydrogens (tertiary/aromatic N) is 4. The molecule has 0 spiro atoms. The molecule has 3 N–H and O–H groups in total. The molecule has 0 saturated heterocycles. The molecule has 0 aliphatic carbocycles. The largest absolute Gasteiger partial charge is 0.368 e. The number of aryl methyl sites for hydroxylation is 1. The molecular weight excluding hydrogens is 247 g/mol. The van der Waals surface area contributed by atoms with Gasteiger partial charge in [0.05, 0.1) is 0 Å². The van der Waals surface area contributed by atoms with Gasteiger partial charge in [0.2, 0.25) is 17.8 Å². The van der Waals surface area contributed by atoms with Crippen molar-refractivity contribution in [3.05, 3.63) is 29.6 Å². The van der Waals surface area contributed by atoms with E-state index in [1.165, 1.54) is 12.1 Å². The summed E-state index contributed by atoms with van der Waals surface area (Å²) in [6, 6.07) is 4.42. The van der Waals surface area contributed by atoms with Crippen molar-refractivity contribution in [1.29, 1.82) is 0 Å². The highest BCUT2D eigenvalue weighted by molar-refractivity contribution is 5.59. The Labute approximate surface area is 110 Å². The first-order valence-corrected chi connectivity index (χ1v) is 5.68. The van der Waals surface area contributed by atoms with Crippen LogP contribution in [0.15, 0.2) is 18.2 Å². The second-order valence-electron chi connectivity index (χ2n) is 4.30. The molecule has 0 amide bonds. The molecule has 6 nitrogen and oxygen atoms in total. The molecule has 0 aliphatic heterocycles. The third-order valence-electron chi connectivity index (χ3n) is 2.48. The van der Waals surface area contributed by atoms with E-state index in [1.807, 2.05) is 14.1 Å². The van der Waals surface area contributed by atoms with Crippen LogP contribution in [0.4, 0.5) is 27.9 Å². The second kappa shape index (κ2) is 5.05. The molecule has 0 bridgehead atoms. The third-order valence-corrected chi connectivity index (χ3v) is 2.48. The number of anilines is 4. The number of halogens is 1. The van der Waals surface area contributed by atoms with Crippen molar-refractivity contribution in [1.82, 2.24) is 15.0 Å². The summed E-state index contributed by atoms with van der Waals surface area (Å²) in [6.45, 7) is 1.79. The van der Waals surface area contributed by atoms with Gasteiger partial charge >= 0.3 is 0 Å². The third kappa shape index (κ3) is 3.06. The predicted molar refractivity (Wildman–Crippen MR) is 73.0 cm³/mol. The summed E-state index contributed by atoms with van der Waals surface area (Å²) in [7, 11) is 3.61. The van der Waals surface area contributed by atoms with Gasteiger partial charge in [-0.3, -0.25) is 0 Å². The van der Waals surface area contributed by atoms with Crippen LogP contribution in [-0.2, 0) is 0 Å². The number of hydrogen-bond acceptors (Lipinski definition) is 6. The van der Waals surface area contributed by atoms with Crippen LogP contribution in [0.3, 0.4) is 0 Å². The Morgan fingerprint density at radius 1 is 1.21 bits per heavy atom. The van der Waals surface area contributed by atoms with E-state index in [1.54, 1.807) is 17.9 Å². The molecule has 7 heteroatoms. The Hall–Kier alpha value is -2.44. The number of nitrogens with one attached hydrogen (secondary N) is 1. The van der Waals surface area contributed by atoms with Gasteiger partial charge in [-0.15, -0.1) is 0 Å². The van der Waals surface area contributed by atoms with Crippen LogP contribution in [-0.4, -0.2) is 29.0 Å². The molecule has 19 heavy (non-hydrogen) atoms. The molecule has 1 aromatic carbocycles. The molecule has 0 aliphatic rings. The maximum absolute atomic E-state index is 13.0. The molecule has 0 fully saturated rings. The van der Waals surface area contributed by atoms with Crippen molar-refractivity contribution >= 4 is 23.5 Å². The SMILES string of the molecule is Cc1cc(F)ccc1Nc1nc(N)nc(N(C)C)n1. The average molecular weight is 262 g/mol. The van der Waals surface area contributed by atoms with Crippen LogP contribution in [0, 0.1) is 12.7 Å². The number of nitrogens with two attached hydrogens (primary N) is 1. The predicted octanol–water partition coefficient (Wildman–Crippen LogP) is 1.71. The quantitative estimate of drug-likeness (QED) is 0.876. The highest BCUT2D eigenvalue weighted by Gasteiger charge is 2.07. The standard InChI is InChI=1S/C12H15FN6/c1-7-6-8(13)4-5-9(7)15-11-16-10(14)17-12(18-11)19(2)3/h4-6H,1-3H3,(H3,14,15,16,17,18). The minimum Gasteiger partial charge on any atom is -0.368 e. The van der Waals surface area contributed by atoms with Crippen LogP contribution < -0.4 is 16.0 Å². The fourth-order valence-electron chi connectivity index (χ4n) is 1.52. The molecule has 2 rings (SSSR count). The molecule has 100 valence electrons. The molecule has 1 aromatic heterocycles. The van der Waals surface area contributed by atoms with E-state index >= 15 is 0 Å². The maximum atomic E-state index is 13.0. The van der Waals surface area contributed by atoms with E-state index in [0.717, 1.165) is 11.3 Å². The summed E-state index contributed by atoms with van der Waals surface area (Å²) in [4.78, 5) is 13.9. The normalized spacial score (nSPS) is 10.3. The van der Waals surface area contributed by atoms with Gasteiger partial charge in [0.25, 0.3) is 0 Å². The zero-order valence-electron chi connectivity index (χ0n) is 11.0. The van der Waals surface area contributed by atoms with Gasteiger partial charge in [-0.25, -0.2) is 4.39 Å². The minimum atomic E-state index is -0.285. The molecule has 0 atom stereocenters. The topological polar surface area (TPSA) is 80.0 Å². The van der Waals surface area contributed by atoms with Crippen molar-refractivity contribution < 1.29 is 4.39 Å². The summed E-state index contributed by atoms with van der Waals surface area (Å²) in [5, 5.41) is 3.00. The van der Waals surface area contributed by atoms with Gasteiger partial charge in [0.1, 0.15) is 5.82 Å². The van der Waals surface area contributed by atoms with E-state index in [2.05, 4.69) is 20.3 Å². The van der Waals surface area contributed by atoms with Crippen LogP contribution >= 0.6 is 0 Å². The van der Waals surface area contributed by atoms with Crippen LogP contribution in [0.1, 0.15) is 5.56 Å². The summed E-state index contributed by atoms with van der Waals surface area (Å²) in [5.74, 6) is 0.619. The van der Waals surface area contributed by atoms with Gasteiger partial charge in [0, 0.05) is 19.8 Å². The van der Waals surface area contributed by atoms with E-state index in [-0.39, 0.29) is 11.8 Å². The Bertz CT molecular complexity index is 599. The number of hydrogen-bond donors (Lipinski definition) is 2. The van der Waals surface area contributed by atoms with Gasteiger partial charge in [-0.05, 0) is 30.7 Å². The zero-order chi connectivity index (χ0) is 14.0. The van der Waals surface area contributed by atoms with Crippen LogP contribution in [0.2, 0.25) is 0 Å². The first-order valence-electron chi connectivity index (χ1n) is 5.68. The molecule has 2 aromatic rings. The van der Waals surface area contributed by atoms with Crippen molar-refractivity contribution in [3.63, 3.8) is 0 Å². The monoisotopic (exact) mass is 262 g/mol. The molecule has 0 unspecified atom stereocenters. The van der Waals surface area contributed by atoms with Crippen LogP contribution in [0.5, 0.6) is 0 Å². The van der Waals surface area contributed by atoms with E-state index < -0.39 is 0 Å². The smallest absolute Gasteiger partial charge is 0.233 e. The maximum Gasteiger partial charge on any atom is 0.233 e. The van der Waals surface area contributed by atoms with Gasteiger partial charge in [0.15, 0.2) is 0 Å². The van der Waals surface area contributed by atoms with Crippen molar-refractivity contribution in [2.75, 3.05) is 30.0 Å². The minimum absolute atomic E-state index is 0.126. The number of nitrogen functional groups attached to an aromatic ring is 1. The fourth-order valence-corrected chi connectivity index (χ4v) is 1.52. The Balaban J connectivity index is 2.32. The first-order chi connectivity index (χ1) is 8.95. The highest BCUT2D eigenvalue weighted by Crippen LogP contribution is 2.20. The van der Waals surface area contributed by atoms with Gasteiger partial charge < -0.3 is 16.0 Å². The number of rotatable bonds is 3. The molecule has 0 radical (unpaired) electrons. The summed E-state index contributed by atoms with van der Waals surface area (Å²) in [6.07, 6.45) is 0. The highest BCUT2D eigenvalue weighted by atomic mass is 19.1. The van der Waals surface area contributed by atoms with Gasteiger partial charge in [-0.1, -0.05) is 0 Å². The summed E-state index contributed by atoms with van der Waals surface area (Å²) < 4.78 is 13.0. The van der Waals surface area contributed by atoms with E-state index in [4.69, 9.17) is 5.73 Å². The van der Waals surface area contributed by atoms with E-state index in [9.17, 15) is 4.39 Å². The van der Waals surface area contributed by atoms with Crippen LogP contribution in [0.25, 0.3) is 0 Å². The Kier molecular flexibility index (Phi) is 3.46. The molecular formula is C12H15FN6. The van der Waals surface area contributed by atoms with Crippen molar-refractivity contribution in [3.8, 4) is 0 Å². The first kappa shape index (κ1) is 13.0. The lowest BCUT2D eigenvalue weighted by molar-refractivity contribution is 0.627. The molecule has 0 saturated carbocycles. The molecule has 1 heterocycles. The Morgan fingerprint density at radius 3 is 2.58 bits per heavy atom. The Morgan fingerprint density at radius 2 is 1.95 bits per heavy atom.